The molecule has 0 spiro atoms. The first-order valence-electron chi connectivity index (χ1n) is 10.1. The summed E-state index contributed by atoms with van der Waals surface area (Å²) in [6.45, 7) is 2.93. The van der Waals surface area contributed by atoms with Crippen molar-refractivity contribution in [2.75, 3.05) is 33.0 Å². The molecule has 7 nitrogen and oxygen atoms in total. The minimum absolute atomic E-state index is 0.175. The van der Waals surface area contributed by atoms with Gasteiger partial charge in [0.2, 0.25) is 0 Å². The molecule has 3 rings (SSSR count). The van der Waals surface area contributed by atoms with Crippen molar-refractivity contribution >= 4 is 23.3 Å². The van der Waals surface area contributed by atoms with E-state index >= 15 is 0 Å². The zero-order chi connectivity index (χ0) is 23.1. The average Bonchev–Trinajstić information content (AvgIpc) is 2.81. The molecule has 0 saturated heterocycles. The summed E-state index contributed by atoms with van der Waals surface area (Å²) >= 11 is 6.49. The van der Waals surface area contributed by atoms with Gasteiger partial charge in [0.1, 0.15) is 12.1 Å². The molecular formula is C24H24ClN5O2. The van der Waals surface area contributed by atoms with Crippen LogP contribution in [0.15, 0.2) is 42.9 Å². The number of nitrogens with zero attached hydrogens (tertiary/aromatic N) is 4. The van der Waals surface area contributed by atoms with Crippen molar-refractivity contribution < 1.29 is 9.53 Å². The monoisotopic (exact) mass is 449 g/mol. The SMILES string of the molecule is CCc1ncnc(-c2ccc(C(=O)N(C)CCOC)c(Cl)c2)c1C#Cc1ccc(N)nc1. The molecule has 2 heterocycles. The lowest BCUT2D eigenvalue weighted by Crippen LogP contribution is -2.30. The van der Waals surface area contributed by atoms with Crippen molar-refractivity contribution in [1.29, 1.82) is 0 Å². The maximum Gasteiger partial charge on any atom is 0.255 e. The third-order valence-electron chi connectivity index (χ3n) is 4.83. The first kappa shape index (κ1) is 23.2. The number of rotatable bonds is 6. The van der Waals surface area contributed by atoms with E-state index in [1.165, 1.54) is 6.33 Å². The van der Waals surface area contributed by atoms with Crippen LogP contribution in [0.1, 0.15) is 34.1 Å². The van der Waals surface area contributed by atoms with Gasteiger partial charge in [0.25, 0.3) is 5.91 Å². The summed E-state index contributed by atoms with van der Waals surface area (Å²) in [5, 5.41) is 0.343. The van der Waals surface area contributed by atoms with Crippen LogP contribution in [0.4, 0.5) is 5.82 Å². The van der Waals surface area contributed by atoms with E-state index in [9.17, 15) is 4.79 Å². The zero-order valence-corrected chi connectivity index (χ0v) is 19.0. The van der Waals surface area contributed by atoms with E-state index in [1.54, 1.807) is 43.5 Å². The van der Waals surface area contributed by atoms with Crippen molar-refractivity contribution in [3.05, 3.63) is 70.3 Å². The molecule has 0 aliphatic heterocycles. The highest BCUT2D eigenvalue weighted by atomic mass is 35.5. The molecule has 0 bridgehead atoms. The highest BCUT2D eigenvalue weighted by molar-refractivity contribution is 6.34. The standard InChI is InChI=1S/C24H24ClN5O2/c1-4-21-19(8-5-16-6-10-22(26)27-14-16)23(29-15-28-21)17-7-9-18(20(25)13-17)24(31)30(2)11-12-32-3/h6-7,9-10,13-15H,4,11-12H2,1-3H3,(H2,26,27). The van der Waals surface area contributed by atoms with Crippen molar-refractivity contribution in [2.45, 2.75) is 13.3 Å². The smallest absolute Gasteiger partial charge is 0.255 e. The number of anilines is 1. The summed E-state index contributed by atoms with van der Waals surface area (Å²) in [5.74, 6) is 6.54. The summed E-state index contributed by atoms with van der Waals surface area (Å²) < 4.78 is 5.04. The number of nitrogens with two attached hydrogens (primary N) is 1. The molecule has 0 unspecified atom stereocenters. The Morgan fingerprint density at radius 3 is 2.66 bits per heavy atom. The lowest BCUT2D eigenvalue weighted by Gasteiger charge is -2.18. The van der Waals surface area contributed by atoms with Gasteiger partial charge in [-0.3, -0.25) is 4.79 Å². The van der Waals surface area contributed by atoms with Gasteiger partial charge in [-0.25, -0.2) is 15.0 Å². The maximum absolute atomic E-state index is 12.7. The Kier molecular flexibility index (Phi) is 7.77. The van der Waals surface area contributed by atoms with Crippen molar-refractivity contribution in [2.24, 2.45) is 0 Å². The molecule has 8 heteroatoms. The largest absolute Gasteiger partial charge is 0.384 e. The number of likely N-dealkylation sites (N-methyl/N-ethyl adjacent to an activating group) is 1. The fourth-order valence-corrected chi connectivity index (χ4v) is 3.29. The predicted molar refractivity (Wildman–Crippen MR) is 125 cm³/mol. The second-order valence-corrected chi connectivity index (χ2v) is 7.44. The third-order valence-corrected chi connectivity index (χ3v) is 5.14. The topological polar surface area (TPSA) is 94.2 Å². The van der Waals surface area contributed by atoms with Gasteiger partial charge < -0.3 is 15.4 Å². The average molecular weight is 450 g/mol. The van der Waals surface area contributed by atoms with E-state index in [-0.39, 0.29) is 5.91 Å². The number of ether oxygens (including phenoxy) is 1. The lowest BCUT2D eigenvalue weighted by molar-refractivity contribution is 0.0744. The first-order valence-corrected chi connectivity index (χ1v) is 10.4. The number of halogens is 1. The van der Waals surface area contributed by atoms with Gasteiger partial charge in [0.05, 0.1) is 34.1 Å². The van der Waals surface area contributed by atoms with Gasteiger partial charge >= 0.3 is 0 Å². The van der Waals surface area contributed by atoms with Gasteiger partial charge in [-0.2, -0.15) is 0 Å². The predicted octanol–water partition coefficient (Wildman–Crippen LogP) is 3.45. The number of aromatic nitrogens is 3. The van der Waals surface area contributed by atoms with E-state index in [2.05, 4.69) is 26.8 Å². The Morgan fingerprint density at radius 2 is 2.00 bits per heavy atom. The molecule has 164 valence electrons. The van der Waals surface area contributed by atoms with Crippen LogP contribution in [0.25, 0.3) is 11.3 Å². The molecular weight excluding hydrogens is 426 g/mol. The second kappa shape index (κ2) is 10.7. The Hall–Kier alpha value is -3.47. The Labute approximate surface area is 192 Å². The molecule has 2 N–H and O–H groups in total. The van der Waals surface area contributed by atoms with Gasteiger partial charge in [0.15, 0.2) is 0 Å². The molecule has 0 fully saturated rings. The van der Waals surface area contributed by atoms with Gasteiger partial charge in [-0.05, 0) is 30.7 Å². The van der Waals surface area contributed by atoms with Crippen LogP contribution < -0.4 is 5.73 Å². The molecule has 0 aliphatic carbocycles. The normalized spacial score (nSPS) is 10.4. The van der Waals surface area contributed by atoms with Crippen LogP contribution >= 0.6 is 11.6 Å². The molecule has 1 amide bonds. The van der Waals surface area contributed by atoms with Crippen LogP contribution in [0.3, 0.4) is 0 Å². The minimum atomic E-state index is -0.175. The minimum Gasteiger partial charge on any atom is -0.384 e. The molecule has 3 aromatic rings. The number of amides is 1. The van der Waals surface area contributed by atoms with Crippen molar-refractivity contribution in [3.63, 3.8) is 0 Å². The first-order chi connectivity index (χ1) is 15.4. The maximum atomic E-state index is 12.7. The Morgan fingerprint density at radius 1 is 1.19 bits per heavy atom. The number of hydrogen-bond acceptors (Lipinski definition) is 6. The van der Waals surface area contributed by atoms with E-state index in [0.717, 1.165) is 16.8 Å². The fourth-order valence-electron chi connectivity index (χ4n) is 3.03. The molecule has 0 radical (unpaired) electrons. The Bertz CT molecular complexity index is 1170. The number of benzene rings is 1. The van der Waals surface area contributed by atoms with Crippen LogP contribution in [-0.4, -0.2) is 53.1 Å². The fraction of sp³-hybridized carbons (Fsp3) is 0.250. The van der Waals surface area contributed by atoms with Crippen molar-refractivity contribution in [3.8, 4) is 23.1 Å². The number of aryl methyl sites for hydroxylation is 1. The lowest BCUT2D eigenvalue weighted by atomic mass is 10.0. The summed E-state index contributed by atoms with van der Waals surface area (Å²) in [7, 11) is 3.31. The van der Waals surface area contributed by atoms with Crippen LogP contribution in [0, 0.1) is 11.8 Å². The molecule has 0 atom stereocenters. The van der Waals surface area contributed by atoms with Gasteiger partial charge in [0, 0.05) is 38.0 Å². The van der Waals surface area contributed by atoms with Crippen LogP contribution in [0.5, 0.6) is 0 Å². The van der Waals surface area contributed by atoms with E-state index < -0.39 is 0 Å². The summed E-state index contributed by atoms with van der Waals surface area (Å²) in [4.78, 5) is 27.2. The van der Waals surface area contributed by atoms with E-state index in [1.807, 2.05) is 19.1 Å². The second-order valence-electron chi connectivity index (χ2n) is 7.03. The Balaban J connectivity index is 1.99. The summed E-state index contributed by atoms with van der Waals surface area (Å²) in [5.41, 5.74) is 9.73. The van der Waals surface area contributed by atoms with Gasteiger partial charge in [-0.1, -0.05) is 36.4 Å². The number of carbonyl (C=O) groups is 1. The molecule has 2 aromatic heterocycles. The number of pyridine rings is 1. The molecule has 1 aromatic carbocycles. The summed E-state index contributed by atoms with van der Waals surface area (Å²) in [6, 6.07) is 8.77. The molecule has 32 heavy (non-hydrogen) atoms. The third kappa shape index (κ3) is 5.41. The van der Waals surface area contributed by atoms with Crippen LogP contribution in [0.2, 0.25) is 5.02 Å². The van der Waals surface area contributed by atoms with Crippen molar-refractivity contribution in [1.82, 2.24) is 19.9 Å². The zero-order valence-electron chi connectivity index (χ0n) is 18.2. The molecule has 0 saturated carbocycles. The highest BCUT2D eigenvalue weighted by Gasteiger charge is 2.17. The van der Waals surface area contributed by atoms with E-state index in [0.29, 0.717) is 47.2 Å². The number of carbonyl (C=O) groups excluding carboxylic acids is 1. The van der Waals surface area contributed by atoms with E-state index in [4.69, 9.17) is 22.1 Å². The van der Waals surface area contributed by atoms with Gasteiger partial charge in [-0.15, -0.1) is 0 Å². The quantitative estimate of drug-likeness (QED) is 0.579. The molecule has 0 aliphatic rings. The number of methoxy groups -OCH3 is 1. The number of nitrogen functional groups attached to an aromatic ring is 1. The number of hydrogen-bond donors (Lipinski definition) is 1. The van der Waals surface area contributed by atoms with Crippen LogP contribution in [-0.2, 0) is 11.2 Å². The highest BCUT2D eigenvalue weighted by Crippen LogP contribution is 2.28. The summed E-state index contributed by atoms with van der Waals surface area (Å²) in [6.07, 6.45) is 3.82.